The second-order valence-corrected chi connectivity index (χ2v) is 3.09. The normalized spacial score (nSPS) is 11.5. The number of nitrogens with two attached hydrogens (primary N) is 2. The first-order chi connectivity index (χ1) is 6.85. The summed E-state index contributed by atoms with van der Waals surface area (Å²) in [7, 11) is 0. The minimum atomic E-state index is -4.83. The zero-order chi connectivity index (χ0) is 11.6. The maximum absolute atomic E-state index is 12.0. The number of ether oxygens (including phenoxy) is 1. The van der Waals surface area contributed by atoms with Crippen LogP contribution in [0.25, 0.3) is 0 Å². The number of benzene rings is 1. The third kappa shape index (κ3) is 2.90. The molecule has 84 valence electrons. The van der Waals surface area contributed by atoms with Crippen LogP contribution >= 0.6 is 11.6 Å². The molecule has 0 aliphatic rings. The van der Waals surface area contributed by atoms with E-state index in [1.807, 2.05) is 0 Å². The van der Waals surface area contributed by atoms with Gasteiger partial charge in [-0.2, -0.15) is 0 Å². The lowest BCUT2D eigenvalue weighted by Gasteiger charge is -2.14. The van der Waals surface area contributed by atoms with E-state index in [1.165, 1.54) is 12.1 Å². The number of anilines is 1. The minimum absolute atomic E-state index is 0.00727. The van der Waals surface area contributed by atoms with Crippen LogP contribution in [0, 0.1) is 0 Å². The fourth-order valence-electron chi connectivity index (χ4n) is 0.989. The summed E-state index contributed by atoms with van der Waals surface area (Å²) in [5, 5.41) is -0.213. The third-order valence-corrected chi connectivity index (χ3v) is 2.06. The maximum Gasteiger partial charge on any atom is 0.573 e. The van der Waals surface area contributed by atoms with Crippen LogP contribution in [0.15, 0.2) is 12.1 Å². The molecule has 0 heterocycles. The third-order valence-electron chi connectivity index (χ3n) is 1.65. The predicted octanol–water partition coefficient (Wildman–Crippen LogP) is 2.28. The van der Waals surface area contributed by atoms with E-state index in [1.54, 1.807) is 0 Å². The molecule has 15 heavy (non-hydrogen) atoms. The number of halogens is 4. The fourth-order valence-corrected chi connectivity index (χ4v) is 1.28. The molecule has 0 aliphatic heterocycles. The van der Waals surface area contributed by atoms with E-state index in [0.29, 0.717) is 5.56 Å². The van der Waals surface area contributed by atoms with Crippen molar-refractivity contribution < 1.29 is 17.9 Å². The quantitative estimate of drug-likeness (QED) is 0.780. The lowest BCUT2D eigenvalue weighted by atomic mass is 10.2. The van der Waals surface area contributed by atoms with E-state index >= 15 is 0 Å². The van der Waals surface area contributed by atoms with Crippen LogP contribution in [-0.2, 0) is 6.54 Å². The summed E-state index contributed by atoms with van der Waals surface area (Å²) < 4.78 is 39.6. The molecule has 0 aliphatic carbocycles. The van der Waals surface area contributed by atoms with Crippen molar-refractivity contribution in [2.24, 2.45) is 5.73 Å². The van der Waals surface area contributed by atoms with Gasteiger partial charge in [-0.15, -0.1) is 13.2 Å². The Labute approximate surface area is 88.8 Å². The standard InChI is InChI=1S/C8H8ClF3N2O/c9-6-4(3-13)1-2-5(14)7(6)15-8(10,11)12/h1-2H,3,13-14H2. The Morgan fingerprint density at radius 2 is 1.93 bits per heavy atom. The molecule has 4 N–H and O–H groups in total. The largest absolute Gasteiger partial charge is 0.573 e. The first kappa shape index (κ1) is 11.9. The first-order valence-electron chi connectivity index (χ1n) is 3.88. The Bertz CT molecular complexity index is 368. The van der Waals surface area contributed by atoms with Gasteiger partial charge in [0.2, 0.25) is 0 Å². The van der Waals surface area contributed by atoms with Crippen molar-refractivity contribution in [3.8, 4) is 5.75 Å². The van der Waals surface area contributed by atoms with E-state index in [9.17, 15) is 13.2 Å². The van der Waals surface area contributed by atoms with Crippen LogP contribution in [0.4, 0.5) is 18.9 Å². The molecule has 1 aromatic carbocycles. The summed E-state index contributed by atoms with van der Waals surface area (Å²) in [6.45, 7) is 0.00727. The number of alkyl halides is 3. The molecule has 1 rings (SSSR count). The minimum Gasteiger partial charge on any atom is -0.402 e. The molecule has 0 fully saturated rings. The number of nitrogen functional groups attached to an aromatic ring is 1. The highest BCUT2D eigenvalue weighted by Gasteiger charge is 2.33. The van der Waals surface area contributed by atoms with Crippen molar-refractivity contribution in [2.75, 3.05) is 5.73 Å². The highest BCUT2D eigenvalue weighted by Crippen LogP contribution is 2.37. The molecule has 7 heteroatoms. The molecule has 1 aromatic rings. The molecule has 0 amide bonds. The van der Waals surface area contributed by atoms with Crippen LogP contribution in [0.5, 0.6) is 5.75 Å². The molecule has 0 unspecified atom stereocenters. The summed E-state index contributed by atoms with van der Waals surface area (Å²) in [6.07, 6.45) is -4.83. The molecule has 0 aromatic heterocycles. The molecule has 0 saturated heterocycles. The lowest BCUT2D eigenvalue weighted by molar-refractivity contribution is -0.274. The molecule has 0 spiro atoms. The summed E-state index contributed by atoms with van der Waals surface area (Å²) in [6, 6.07) is 2.70. The average Bonchev–Trinajstić information content (AvgIpc) is 2.11. The van der Waals surface area contributed by atoms with E-state index in [-0.39, 0.29) is 17.3 Å². The van der Waals surface area contributed by atoms with Crippen LogP contribution in [-0.4, -0.2) is 6.36 Å². The van der Waals surface area contributed by atoms with Crippen molar-refractivity contribution in [3.05, 3.63) is 22.7 Å². The smallest absolute Gasteiger partial charge is 0.402 e. The zero-order valence-corrected chi connectivity index (χ0v) is 8.19. The maximum atomic E-state index is 12.0. The van der Waals surface area contributed by atoms with E-state index < -0.39 is 12.1 Å². The highest BCUT2D eigenvalue weighted by molar-refractivity contribution is 6.33. The predicted molar refractivity (Wildman–Crippen MR) is 50.4 cm³/mol. The number of hydrogen-bond acceptors (Lipinski definition) is 3. The second-order valence-electron chi connectivity index (χ2n) is 2.71. The van der Waals surface area contributed by atoms with Gasteiger partial charge in [-0.1, -0.05) is 17.7 Å². The van der Waals surface area contributed by atoms with Crippen molar-refractivity contribution in [2.45, 2.75) is 12.9 Å². The van der Waals surface area contributed by atoms with Crippen LogP contribution in [0.1, 0.15) is 5.56 Å². The monoisotopic (exact) mass is 240 g/mol. The Hall–Kier alpha value is -1.14. The number of rotatable bonds is 2. The van der Waals surface area contributed by atoms with Gasteiger partial charge in [-0.3, -0.25) is 0 Å². The van der Waals surface area contributed by atoms with E-state index in [4.69, 9.17) is 23.1 Å². The highest BCUT2D eigenvalue weighted by atomic mass is 35.5. The SMILES string of the molecule is NCc1ccc(N)c(OC(F)(F)F)c1Cl. The molecule has 0 bridgehead atoms. The molecular formula is C8H8ClF3N2O. The first-order valence-corrected chi connectivity index (χ1v) is 4.25. The fraction of sp³-hybridized carbons (Fsp3) is 0.250. The van der Waals surface area contributed by atoms with Gasteiger partial charge in [0.25, 0.3) is 0 Å². The Morgan fingerprint density at radius 3 is 2.40 bits per heavy atom. The number of hydrogen-bond donors (Lipinski definition) is 2. The van der Waals surface area contributed by atoms with Gasteiger partial charge in [-0.25, -0.2) is 0 Å². The van der Waals surface area contributed by atoms with Gasteiger partial charge in [0.05, 0.1) is 10.7 Å². The van der Waals surface area contributed by atoms with Gasteiger partial charge in [-0.05, 0) is 11.6 Å². The average molecular weight is 241 g/mol. The van der Waals surface area contributed by atoms with Crippen LogP contribution in [0.2, 0.25) is 5.02 Å². The molecule has 0 radical (unpaired) electrons. The Kier molecular flexibility index (Phi) is 3.31. The summed E-state index contributed by atoms with van der Waals surface area (Å²) in [5.74, 6) is -0.605. The molecule has 0 atom stereocenters. The van der Waals surface area contributed by atoms with Gasteiger partial charge in [0.15, 0.2) is 5.75 Å². The van der Waals surface area contributed by atoms with Crippen molar-refractivity contribution >= 4 is 17.3 Å². The lowest BCUT2D eigenvalue weighted by Crippen LogP contribution is -2.18. The van der Waals surface area contributed by atoms with E-state index in [0.717, 1.165) is 0 Å². The van der Waals surface area contributed by atoms with Crippen LogP contribution in [0.3, 0.4) is 0 Å². The van der Waals surface area contributed by atoms with Crippen LogP contribution < -0.4 is 16.2 Å². The van der Waals surface area contributed by atoms with E-state index in [2.05, 4.69) is 4.74 Å². The van der Waals surface area contributed by atoms with Gasteiger partial charge in [0.1, 0.15) is 0 Å². The zero-order valence-electron chi connectivity index (χ0n) is 7.44. The van der Waals surface area contributed by atoms with Crippen molar-refractivity contribution in [3.63, 3.8) is 0 Å². The second kappa shape index (κ2) is 4.16. The van der Waals surface area contributed by atoms with Gasteiger partial charge in [0, 0.05) is 6.54 Å². The topological polar surface area (TPSA) is 61.3 Å². The van der Waals surface area contributed by atoms with Gasteiger partial charge >= 0.3 is 6.36 Å². The summed E-state index contributed by atoms with van der Waals surface area (Å²) >= 11 is 5.64. The van der Waals surface area contributed by atoms with Crippen molar-refractivity contribution in [1.82, 2.24) is 0 Å². The Morgan fingerprint density at radius 1 is 1.33 bits per heavy atom. The summed E-state index contributed by atoms with van der Waals surface area (Å²) in [4.78, 5) is 0. The van der Waals surface area contributed by atoms with Crippen molar-refractivity contribution in [1.29, 1.82) is 0 Å². The molecule has 3 nitrogen and oxygen atoms in total. The Balaban J connectivity index is 3.15. The van der Waals surface area contributed by atoms with Gasteiger partial charge < -0.3 is 16.2 Å². The summed E-state index contributed by atoms with van der Waals surface area (Å²) in [5.41, 5.74) is 10.7. The molecular weight excluding hydrogens is 233 g/mol. The molecule has 0 saturated carbocycles.